The summed E-state index contributed by atoms with van der Waals surface area (Å²) in [6, 6.07) is 14.9. The molecular formula is C17H16ClNO2. The van der Waals surface area contributed by atoms with E-state index in [1.54, 1.807) is 19.3 Å². The normalized spacial score (nSPS) is 10.6. The predicted octanol–water partition coefficient (Wildman–Crippen LogP) is 3.68. The zero-order chi connectivity index (χ0) is 15.1. The van der Waals surface area contributed by atoms with Gasteiger partial charge in [0.15, 0.2) is 0 Å². The van der Waals surface area contributed by atoms with E-state index >= 15 is 0 Å². The van der Waals surface area contributed by atoms with E-state index in [0.717, 1.165) is 16.9 Å². The van der Waals surface area contributed by atoms with Crippen molar-refractivity contribution in [1.82, 2.24) is 5.32 Å². The average Bonchev–Trinajstić information content (AvgIpc) is 2.52. The summed E-state index contributed by atoms with van der Waals surface area (Å²) in [5.41, 5.74) is 1.74. The summed E-state index contributed by atoms with van der Waals surface area (Å²) in [4.78, 5) is 11.8. The number of hydrogen-bond acceptors (Lipinski definition) is 2. The standard InChI is InChI=1S/C17H16ClNO2/c1-21-16-9-5-3-6-13(16)10-11-17(20)19-12-14-7-2-4-8-15(14)18/h2-11H,12H2,1H3,(H,19,20)/b11-10+. The highest BCUT2D eigenvalue weighted by Gasteiger charge is 2.02. The van der Waals surface area contributed by atoms with E-state index in [4.69, 9.17) is 16.3 Å². The Bertz CT molecular complexity index is 653. The Kier molecular flexibility index (Phi) is 5.41. The number of para-hydroxylation sites is 1. The van der Waals surface area contributed by atoms with Crippen LogP contribution in [0.1, 0.15) is 11.1 Å². The van der Waals surface area contributed by atoms with Crippen molar-refractivity contribution >= 4 is 23.6 Å². The fraction of sp³-hybridized carbons (Fsp3) is 0.118. The number of nitrogens with one attached hydrogen (secondary N) is 1. The molecule has 0 fully saturated rings. The molecule has 2 aromatic rings. The number of ether oxygens (including phenoxy) is 1. The van der Waals surface area contributed by atoms with E-state index in [1.807, 2.05) is 42.5 Å². The monoisotopic (exact) mass is 301 g/mol. The Morgan fingerprint density at radius 2 is 1.90 bits per heavy atom. The number of carbonyl (C=O) groups is 1. The first kappa shape index (κ1) is 15.1. The quantitative estimate of drug-likeness (QED) is 0.856. The fourth-order valence-electron chi connectivity index (χ4n) is 1.85. The van der Waals surface area contributed by atoms with Crippen LogP contribution in [0.3, 0.4) is 0 Å². The molecule has 2 rings (SSSR count). The van der Waals surface area contributed by atoms with E-state index in [-0.39, 0.29) is 5.91 Å². The molecular weight excluding hydrogens is 286 g/mol. The molecule has 1 amide bonds. The van der Waals surface area contributed by atoms with Gasteiger partial charge in [0.25, 0.3) is 0 Å². The summed E-state index contributed by atoms with van der Waals surface area (Å²) in [6.07, 6.45) is 3.20. The van der Waals surface area contributed by atoms with Crippen LogP contribution in [-0.2, 0) is 11.3 Å². The van der Waals surface area contributed by atoms with Crippen LogP contribution >= 0.6 is 11.6 Å². The molecule has 0 aliphatic heterocycles. The van der Waals surface area contributed by atoms with Gasteiger partial charge in [-0.15, -0.1) is 0 Å². The Morgan fingerprint density at radius 3 is 2.67 bits per heavy atom. The minimum Gasteiger partial charge on any atom is -0.496 e. The minimum absolute atomic E-state index is 0.180. The van der Waals surface area contributed by atoms with Crippen LogP contribution in [0, 0.1) is 0 Å². The van der Waals surface area contributed by atoms with Crippen molar-refractivity contribution in [2.24, 2.45) is 0 Å². The molecule has 4 heteroatoms. The molecule has 0 aromatic heterocycles. The molecule has 0 atom stereocenters. The summed E-state index contributed by atoms with van der Waals surface area (Å²) in [5, 5.41) is 3.44. The zero-order valence-electron chi connectivity index (χ0n) is 11.7. The number of hydrogen-bond donors (Lipinski definition) is 1. The second-order valence-corrected chi connectivity index (χ2v) is 4.79. The molecule has 3 nitrogen and oxygen atoms in total. The van der Waals surface area contributed by atoms with Gasteiger partial charge in [-0.2, -0.15) is 0 Å². The lowest BCUT2D eigenvalue weighted by atomic mass is 10.2. The number of rotatable bonds is 5. The number of amides is 1. The number of halogens is 1. The van der Waals surface area contributed by atoms with Crippen molar-refractivity contribution in [3.63, 3.8) is 0 Å². The maximum Gasteiger partial charge on any atom is 0.244 e. The summed E-state index contributed by atoms with van der Waals surface area (Å²) in [7, 11) is 1.60. The number of carbonyl (C=O) groups excluding carboxylic acids is 1. The van der Waals surface area contributed by atoms with Gasteiger partial charge in [-0.25, -0.2) is 0 Å². The third-order valence-electron chi connectivity index (χ3n) is 2.96. The van der Waals surface area contributed by atoms with E-state index in [0.29, 0.717) is 11.6 Å². The minimum atomic E-state index is -0.180. The third-order valence-corrected chi connectivity index (χ3v) is 3.33. The summed E-state index contributed by atoms with van der Waals surface area (Å²) in [5.74, 6) is 0.550. The van der Waals surface area contributed by atoms with E-state index in [2.05, 4.69) is 5.32 Å². The van der Waals surface area contributed by atoms with Crippen LogP contribution in [0.2, 0.25) is 5.02 Å². The van der Waals surface area contributed by atoms with Gasteiger partial charge in [-0.1, -0.05) is 48.0 Å². The molecule has 0 unspecified atom stereocenters. The van der Waals surface area contributed by atoms with Crippen molar-refractivity contribution in [2.45, 2.75) is 6.54 Å². The highest BCUT2D eigenvalue weighted by molar-refractivity contribution is 6.31. The van der Waals surface area contributed by atoms with Crippen LogP contribution in [0.5, 0.6) is 5.75 Å². The highest BCUT2D eigenvalue weighted by atomic mass is 35.5. The van der Waals surface area contributed by atoms with Crippen LogP contribution in [0.25, 0.3) is 6.08 Å². The Balaban J connectivity index is 1.96. The Hall–Kier alpha value is -2.26. The van der Waals surface area contributed by atoms with Crippen LogP contribution in [0.15, 0.2) is 54.6 Å². The summed E-state index contributed by atoms with van der Waals surface area (Å²) in [6.45, 7) is 0.398. The Labute approximate surface area is 129 Å². The largest absolute Gasteiger partial charge is 0.496 e. The van der Waals surface area contributed by atoms with Crippen LogP contribution < -0.4 is 10.1 Å². The number of methoxy groups -OCH3 is 1. The van der Waals surface area contributed by atoms with Gasteiger partial charge in [0, 0.05) is 23.2 Å². The molecule has 0 heterocycles. The molecule has 0 radical (unpaired) electrons. The molecule has 0 aliphatic carbocycles. The fourth-order valence-corrected chi connectivity index (χ4v) is 2.06. The van der Waals surface area contributed by atoms with Gasteiger partial charge in [0.05, 0.1) is 7.11 Å². The van der Waals surface area contributed by atoms with Gasteiger partial charge in [-0.3, -0.25) is 4.79 Å². The molecule has 0 saturated heterocycles. The third kappa shape index (κ3) is 4.36. The lowest BCUT2D eigenvalue weighted by Crippen LogP contribution is -2.20. The predicted molar refractivity (Wildman–Crippen MR) is 85.3 cm³/mol. The maximum atomic E-state index is 11.8. The molecule has 21 heavy (non-hydrogen) atoms. The molecule has 0 bridgehead atoms. The van der Waals surface area contributed by atoms with Gasteiger partial charge in [0.1, 0.15) is 5.75 Å². The molecule has 2 aromatic carbocycles. The van der Waals surface area contributed by atoms with Gasteiger partial charge < -0.3 is 10.1 Å². The second-order valence-electron chi connectivity index (χ2n) is 4.38. The highest BCUT2D eigenvalue weighted by Crippen LogP contribution is 2.18. The molecule has 1 N–H and O–H groups in total. The van der Waals surface area contributed by atoms with E-state index in [9.17, 15) is 4.79 Å². The molecule has 0 aliphatic rings. The molecule has 108 valence electrons. The lowest BCUT2D eigenvalue weighted by Gasteiger charge is -2.05. The van der Waals surface area contributed by atoms with Crippen molar-refractivity contribution in [1.29, 1.82) is 0 Å². The first-order valence-corrected chi connectivity index (χ1v) is 6.91. The lowest BCUT2D eigenvalue weighted by molar-refractivity contribution is -0.116. The van der Waals surface area contributed by atoms with Crippen molar-refractivity contribution in [3.8, 4) is 5.75 Å². The van der Waals surface area contributed by atoms with Crippen molar-refractivity contribution in [2.75, 3.05) is 7.11 Å². The summed E-state index contributed by atoms with van der Waals surface area (Å²) >= 11 is 6.03. The van der Waals surface area contributed by atoms with E-state index in [1.165, 1.54) is 6.08 Å². The average molecular weight is 302 g/mol. The first-order valence-electron chi connectivity index (χ1n) is 6.53. The SMILES string of the molecule is COc1ccccc1/C=C/C(=O)NCc1ccccc1Cl. The second kappa shape index (κ2) is 7.50. The smallest absolute Gasteiger partial charge is 0.244 e. The molecule has 0 spiro atoms. The Morgan fingerprint density at radius 1 is 1.19 bits per heavy atom. The number of benzene rings is 2. The van der Waals surface area contributed by atoms with Crippen LogP contribution in [-0.4, -0.2) is 13.0 Å². The van der Waals surface area contributed by atoms with Gasteiger partial charge in [-0.05, 0) is 23.8 Å². The molecule has 0 saturated carbocycles. The summed E-state index contributed by atoms with van der Waals surface area (Å²) < 4.78 is 5.22. The van der Waals surface area contributed by atoms with E-state index < -0.39 is 0 Å². The topological polar surface area (TPSA) is 38.3 Å². The van der Waals surface area contributed by atoms with Gasteiger partial charge in [0.2, 0.25) is 5.91 Å². The van der Waals surface area contributed by atoms with Crippen LogP contribution in [0.4, 0.5) is 0 Å². The first-order chi connectivity index (χ1) is 10.2. The van der Waals surface area contributed by atoms with Crippen molar-refractivity contribution in [3.05, 3.63) is 70.8 Å². The zero-order valence-corrected chi connectivity index (χ0v) is 12.4. The van der Waals surface area contributed by atoms with Gasteiger partial charge >= 0.3 is 0 Å². The maximum absolute atomic E-state index is 11.8. The van der Waals surface area contributed by atoms with Crippen molar-refractivity contribution < 1.29 is 9.53 Å².